The van der Waals surface area contributed by atoms with Crippen molar-refractivity contribution in [3.05, 3.63) is 24.5 Å². The molecule has 28 heavy (non-hydrogen) atoms. The standard InChI is InChI=1S/C20H29N5O2S/c1-5-11-25-17(16-6-9-21-10-7-16)22-23-18(25)28-14-15-8-12-24(13-15)19(26)27-20(2,3)4/h6-7,9-10,15H,5,8,11-14H2,1-4H3/t15-/m1/s1. The zero-order valence-corrected chi connectivity index (χ0v) is 17.9. The first-order valence-corrected chi connectivity index (χ1v) is 10.8. The van der Waals surface area contributed by atoms with E-state index in [1.165, 1.54) is 0 Å². The lowest BCUT2D eigenvalue weighted by Crippen LogP contribution is -2.35. The highest BCUT2D eigenvalue weighted by molar-refractivity contribution is 7.99. The first-order valence-electron chi connectivity index (χ1n) is 9.81. The van der Waals surface area contributed by atoms with Gasteiger partial charge in [-0.05, 0) is 51.7 Å². The number of rotatable bonds is 6. The molecule has 0 spiro atoms. The number of ether oxygens (including phenoxy) is 1. The number of nitrogens with zero attached hydrogens (tertiary/aromatic N) is 5. The second-order valence-electron chi connectivity index (χ2n) is 8.09. The van der Waals surface area contributed by atoms with Gasteiger partial charge in [0.05, 0.1) is 0 Å². The Hall–Kier alpha value is -2.09. The topological polar surface area (TPSA) is 73.1 Å². The fourth-order valence-corrected chi connectivity index (χ4v) is 4.28. The summed E-state index contributed by atoms with van der Waals surface area (Å²) in [6.45, 7) is 10.2. The molecule has 0 radical (unpaired) electrons. The van der Waals surface area contributed by atoms with Crippen LogP contribution in [-0.2, 0) is 11.3 Å². The van der Waals surface area contributed by atoms with Crippen molar-refractivity contribution in [2.24, 2.45) is 5.92 Å². The smallest absolute Gasteiger partial charge is 0.410 e. The molecule has 0 saturated carbocycles. The van der Waals surface area contributed by atoms with Crippen molar-refractivity contribution in [3.8, 4) is 11.4 Å². The molecule has 1 fully saturated rings. The van der Waals surface area contributed by atoms with E-state index in [-0.39, 0.29) is 6.09 Å². The molecule has 0 aliphatic carbocycles. The molecule has 7 nitrogen and oxygen atoms in total. The molecule has 0 N–H and O–H groups in total. The Balaban J connectivity index is 1.61. The van der Waals surface area contributed by atoms with E-state index in [1.54, 1.807) is 24.2 Å². The second-order valence-corrected chi connectivity index (χ2v) is 9.07. The Morgan fingerprint density at radius 3 is 2.71 bits per heavy atom. The minimum atomic E-state index is -0.455. The van der Waals surface area contributed by atoms with Gasteiger partial charge in [-0.2, -0.15) is 0 Å². The van der Waals surface area contributed by atoms with Crippen LogP contribution in [0.15, 0.2) is 29.7 Å². The number of likely N-dealkylation sites (tertiary alicyclic amines) is 1. The van der Waals surface area contributed by atoms with Crippen LogP contribution >= 0.6 is 11.8 Å². The van der Waals surface area contributed by atoms with E-state index in [9.17, 15) is 4.79 Å². The maximum atomic E-state index is 12.2. The summed E-state index contributed by atoms with van der Waals surface area (Å²) in [5.74, 6) is 2.24. The number of hydrogen-bond acceptors (Lipinski definition) is 6. The van der Waals surface area contributed by atoms with Crippen LogP contribution < -0.4 is 0 Å². The molecule has 1 atom stereocenters. The number of amides is 1. The molecule has 1 aliphatic rings. The quantitative estimate of drug-likeness (QED) is 0.676. The van der Waals surface area contributed by atoms with Gasteiger partial charge in [0.1, 0.15) is 5.60 Å². The van der Waals surface area contributed by atoms with Crippen LogP contribution in [-0.4, -0.2) is 55.2 Å². The average Bonchev–Trinajstić information content (AvgIpc) is 3.27. The van der Waals surface area contributed by atoms with Gasteiger partial charge in [0.25, 0.3) is 0 Å². The van der Waals surface area contributed by atoms with E-state index in [4.69, 9.17) is 4.74 Å². The van der Waals surface area contributed by atoms with E-state index in [2.05, 4.69) is 26.7 Å². The molecule has 1 amide bonds. The Bertz CT molecular complexity index is 788. The molecule has 0 unspecified atom stereocenters. The SMILES string of the molecule is CCCn1c(SC[C@@H]2CCN(C(=O)OC(C)(C)C)C2)nnc1-c1ccncc1. The van der Waals surface area contributed by atoms with Gasteiger partial charge in [0.2, 0.25) is 0 Å². The third-order valence-electron chi connectivity index (χ3n) is 4.49. The molecule has 3 rings (SSSR count). The summed E-state index contributed by atoms with van der Waals surface area (Å²) >= 11 is 1.72. The van der Waals surface area contributed by atoms with Gasteiger partial charge >= 0.3 is 6.09 Å². The van der Waals surface area contributed by atoms with Gasteiger partial charge in [-0.1, -0.05) is 18.7 Å². The summed E-state index contributed by atoms with van der Waals surface area (Å²) in [6, 6.07) is 3.92. The molecule has 2 aromatic heterocycles. The molecule has 3 heterocycles. The van der Waals surface area contributed by atoms with E-state index in [0.717, 1.165) is 54.8 Å². The minimum Gasteiger partial charge on any atom is -0.444 e. The predicted molar refractivity (Wildman–Crippen MR) is 110 cm³/mol. The van der Waals surface area contributed by atoms with E-state index >= 15 is 0 Å². The van der Waals surface area contributed by atoms with Gasteiger partial charge in [-0.3, -0.25) is 4.98 Å². The first kappa shape index (κ1) is 20.6. The van der Waals surface area contributed by atoms with Gasteiger partial charge < -0.3 is 14.2 Å². The number of hydrogen-bond donors (Lipinski definition) is 0. The number of pyridine rings is 1. The average molecular weight is 404 g/mol. The Labute approximate surface area is 170 Å². The molecule has 0 bridgehead atoms. The van der Waals surface area contributed by atoms with E-state index in [0.29, 0.717) is 5.92 Å². The van der Waals surface area contributed by atoms with Crippen molar-refractivity contribution in [2.75, 3.05) is 18.8 Å². The maximum absolute atomic E-state index is 12.2. The van der Waals surface area contributed by atoms with Crippen molar-refractivity contribution >= 4 is 17.9 Å². The van der Waals surface area contributed by atoms with Crippen LogP contribution in [0.5, 0.6) is 0 Å². The van der Waals surface area contributed by atoms with Crippen molar-refractivity contribution in [2.45, 2.75) is 57.8 Å². The number of carbonyl (C=O) groups is 1. The van der Waals surface area contributed by atoms with Gasteiger partial charge in [0.15, 0.2) is 11.0 Å². The summed E-state index contributed by atoms with van der Waals surface area (Å²) in [5, 5.41) is 9.77. The summed E-state index contributed by atoms with van der Waals surface area (Å²) in [7, 11) is 0. The van der Waals surface area contributed by atoms with Crippen LogP contribution in [0.2, 0.25) is 0 Å². The first-order chi connectivity index (χ1) is 13.4. The summed E-state index contributed by atoms with van der Waals surface area (Å²) in [4.78, 5) is 18.1. The fraction of sp³-hybridized carbons (Fsp3) is 0.600. The van der Waals surface area contributed by atoms with Crippen molar-refractivity contribution in [1.29, 1.82) is 0 Å². The van der Waals surface area contributed by atoms with Crippen LogP contribution in [0, 0.1) is 5.92 Å². The number of thioether (sulfide) groups is 1. The molecule has 0 aromatic carbocycles. The van der Waals surface area contributed by atoms with E-state index in [1.807, 2.05) is 37.8 Å². The Kier molecular flexibility index (Phi) is 6.59. The van der Waals surface area contributed by atoms with Crippen LogP contribution in [0.1, 0.15) is 40.5 Å². The second kappa shape index (κ2) is 8.94. The monoisotopic (exact) mass is 403 g/mol. The third kappa shape index (κ3) is 5.25. The predicted octanol–water partition coefficient (Wildman–Crippen LogP) is 4.10. The van der Waals surface area contributed by atoms with Crippen LogP contribution in [0.3, 0.4) is 0 Å². The van der Waals surface area contributed by atoms with Crippen molar-refractivity contribution in [3.63, 3.8) is 0 Å². The highest BCUT2D eigenvalue weighted by Crippen LogP contribution is 2.28. The fourth-order valence-electron chi connectivity index (χ4n) is 3.19. The summed E-state index contributed by atoms with van der Waals surface area (Å²) < 4.78 is 7.67. The van der Waals surface area contributed by atoms with Crippen molar-refractivity contribution < 1.29 is 9.53 Å². The molecule has 8 heteroatoms. The number of carbonyl (C=O) groups excluding carboxylic acids is 1. The van der Waals surface area contributed by atoms with Crippen LogP contribution in [0.4, 0.5) is 4.79 Å². The van der Waals surface area contributed by atoms with Gasteiger partial charge in [-0.15, -0.1) is 10.2 Å². The van der Waals surface area contributed by atoms with Gasteiger partial charge in [-0.25, -0.2) is 4.79 Å². The van der Waals surface area contributed by atoms with Crippen molar-refractivity contribution in [1.82, 2.24) is 24.6 Å². The largest absolute Gasteiger partial charge is 0.444 e. The highest BCUT2D eigenvalue weighted by atomic mass is 32.2. The number of aromatic nitrogens is 4. The Morgan fingerprint density at radius 1 is 1.29 bits per heavy atom. The summed E-state index contributed by atoms with van der Waals surface area (Å²) in [6.07, 6.45) is 5.34. The normalized spacial score (nSPS) is 17.1. The Morgan fingerprint density at radius 2 is 2.04 bits per heavy atom. The maximum Gasteiger partial charge on any atom is 0.410 e. The van der Waals surface area contributed by atoms with E-state index < -0.39 is 5.60 Å². The van der Waals surface area contributed by atoms with Crippen LogP contribution in [0.25, 0.3) is 11.4 Å². The molecule has 1 saturated heterocycles. The highest BCUT2D eigenvalue weighted by Gasteiger charge is 2.30. The molecule has 152 valence electrons. The molecular formula is C20H29N5O2S. The lowest BCUT2D eigenvalue weighted by Gasteiger charge is -2.24. The van der Waals surface area contributed by atoms with Gasteiger partial charge in [0, 0.05) is 43.3 Å². The molecular weight excluding hydrogens is 374 g/mol. The molecule has 2 aromatic rings. The molecule has 1 aliphatic heterocycles. The minimum absolute atomic E-state index is 0.214. The lowest BCUT2D eigenvalue weighted by atomic mass is 10.2. The lowest BCUT2D eigenvalue weighted by molar-refractivity contribution is 0.0289. The summed E-state index contributed by atoms with van der Waals surface area (Å²) in [5.41, 5.74) is 0.573. The zero-order valence-electron chi connectivity index (χ0n) is 17.1. The third-order valence-corrected chi connectivity index (χ3v) is 5.69. The zero-order chi connectivity index (χ0) is 20.1.